The molecule has 5 heteroatoms. The van der Waals surface area contributed by atoms with Crippen molar-refractivity contribution >= 4 is 18.0 Å². The molecule has 2 atom stereocenters. The van der Waals surface area contributed by atoms with Crippen LogP contribution in [0.3, 0.4) is 0 Å². The van der Waals surface area contributed by atoms with Crippen LogP contribution in [0.1, 0.15) is 34.1 Å². The molecule has 0 fully saturated rings. The summed E-state index contributed by atoms with van der Waals surface area (Å²) >= 11 is 0. The highest BCUT2D eigenvalue weighted by Crippen LogP contribution is 2.09. The monoisotopic (exact) mass is 251 g/mol. The minimum Gasteiger partial charge on any atom is -0.478 e. The summed E-state index contributed by atoms with van der Waals surface area (Å²) in [5.41, 5.74) is 0.199. The van der Waals surface area contributed by atoms with E-state index in [1.54, 1.807) is 6.08 Å². The second-order valence-corrected chi connectivity index (χ2v) is 4.52. The molecule has 0 aromatic carbocycles. The number of carbonyl (C=O) groups is 1. The van der Waals surface area contributed by atoms with Crippen LogP contribution in [-0.2, 0) is 4.79 Å². The summed E-state index contributed by atoms with van der Waals surface area (Å²) in [7, 11) is 0. The lowest BCUT2D eigenvalue weighted by Crippen LogP contribution is -2.37. The Bertz CT molecular complexity index is 399. The van der Waals surface area contributed by atoms with Gasteiger partial charge in [0, 0.05) is 12.3 Å². The fourth-order valence-corrected chi connectivity index (χ4v) is 1.84. The zero-order valence-corrected chi connectivity index (χ0v) is 11.4. The summed E-state index contributed by atoms with van der Waals surface area (Å²) < 4.78 is 0. The van der Waals surface area contributed by atoms with Crippen molar-refractivity contribution < 1.29 is 9.90 Å². The van der Waals surface area contributed by atoms with Gasteiger partial charge in [-0.25, -0.2) is 4.79 Å². The van der Waals surface area contributed by atoms with Gasteiger partial charge in [-0.1, -0.05) is 6.92 Å². The Morgan fingerprint density at radius 3 is 2.89 bits per heavy atom. The van der Waals surface area contributed by atoms with Gasteiger partial charge in [0.25, 0.3) is 0 Å². The van der Waals surface area contributed by atoms with Crippen molar-refractivity contribution in [3.05, 3.63) is 11.6 Å². The van der Waals surface area contributed by atoms with Gasteiger partial charge in [-0.3, -0.25) is 9.98 Å². The molecule has 1 heterocycles. The predicted molar refractivity (Wildman–Crippen MR) is 73.2 cm³/mol. The number of carboxylic acid groups (broad SMARTS) is 1. The Hall–Kier alpha value is -1.65. The molecule has 0 aromatic rings. The minimum absolute atomic E-state index is 0.160. The molecule has 0 spiro atoms. The second-order valence-electron chi connectivity index (χ2n) is 4.52. The lowest BCUT2D eigenvalue weighted by atomic mass is 10.2. The van der Waals surface area contributed by atoms with Gasteiger partial charge in [0.05, 0.1) is 17.5 Å². The molecule has 0 amide bonds. The molecule has 2 unspecified atom stereocenters. The van der Waals surface area contributed by atoms with Crippen LogP contribution in [0.15, 0.2) is 21.6 Å². The Kier molecular flexibility index (Phi) is 5.07. The first-order valence-electron chi connectivity index (χ1n) is 6.21. The number of rotatable bonds is 3. The molecule has 18 heavy (non-hydrogen) atoms. The zero-order valence-electron chi connectivity index (χ0n) is 11.4. The van der Waals surface area contributed by atoms with Gasteiger partial charge in [0.2, 0.25) is 0 Å². The first kappa shape index (κ1) is 14.4. The van der Waals surface area contributed by atoms with E-state index in [0.29, 0.717) is 12.7 Å². The third-order valence-corrected chi connectivity index (χ3v) is 3.06. The number of hydrogen-bond donors (Lipinski definition) is 1. The highest BCUT2D eigenvalue weighted by Gasteiger charge is 2.16. The molecule has 0 aromatic heterocycles. The fourth-order valence-electron chi connectivity index (χ4n) is 1.84. The largest absolute Gasteiger partial charge is 0.478 e. The maximum absolute atomic E-state index is 11.0. The van der Waals surface area contributed by atoms with E-state index in [0.717, 1.165) is 12.3 Å². The molecule has 5 nitrogen and oxygen atoms in total. The van der Waals surface area contributed by atoms with Crippen LogP contribution >= 0.6 is 0 Å². The molecule has 1 N–H and O–H groups in total. The lowest BCUT2D eigenvalue weighted by molar-refractivity contribution is -0.132. The third kappa shape index (κ3) is 3.68. The van der Waals surface area contributed by atoms with Gasteiger partial charge in [-0.15, -0.1) is 0 Å². The second kappa shape index (κ2) is 6.33. The Balaban J connectivity index is 3.04. The van der Waals surface area contributed by atoms with Crippen molar-refractivity contribution in [2.45, 2.75) is 46.2 Å². The van der Waals surface area contributed by atoms with Crippen molar-refractivity contribution in [1.29, 1.82) is 0 Å². The van der Waals surface area contributed by atoms with Gasteiger partial charge in [0.15, 0.2) is 0 Å². The van der Waals surface area contributed by atoms with Crippen LogP contribution in [0.4, 0.5) is 0 Å². The van der Waals surface area contributed by atoms with E-state index < -0.39 is 5.97 Å². The van der Waals surface area contributed by atoms with Gasteiger partial charge < -0.3 is 10.0 Å². The molecule has 0 radical (unpaired) electrons. The van der Waals surface area contributed by atoms with Gasteiger partial charge in [0.1, 0.15) is 6.67 Å². The topological polar surface area (TPSA) is 65.3 Å². The molecule has 1 aliphatic rings. The molecule has 1 rings (SSSR count). The molecule has 0 saturated heterocycles. The maximum Gasteiger partial charge on any atom is 0.336 e. The number of aliphatic imine (C=N–C) groups is 2. The molecule has 0 saturated carbocycles. The van der Waals surface area contributed by atoms with Crippen LogP contribution in [0.5, 0.6) is 0 Å². The quantitative estimate of drug-likeness (QED) is 0.833. The van der Waals surface area contributed by atoms with E-state index in [1.807, 2.05) is 13.8 Å². The SMILES string of the molecule is CCC(C)N1C/N=C\C(C(=O)O)=C/C(C)N=C1C. The van der Waals surface area contributed by atoms with E-state index >= 15 is 0 Å². The van der Waals surface area contributed by atoms with E-state index in [2.05, 4.69) is 28.7 Å². The molecule has 1 aliphatic heterocycles. The molecule has 0 bridgehead atoms. The van der Waals surface area contributed by atoms with E-state index in [4.69, 9.17) is 5.11 Å². The van der Waals surface area contributed by atoms with Crippen LogP contribution < -0.4 is 0 Å². The van der Waals surface area contributed by atoms with Gasteiger partial charge >= 0.3 is 5.97 Å². The summed E-state index contributed by atoms with van der Waals surface area (Å²) in [6.45, 7) is 8.49. The van der Waals surface area contributed by atoms with Gasteiger partial charge in [-0.2, -0.15) is 0 Å². The van der Waals surface area contributed by atoms with Crippen LogP contribution in [0, 0.1) is 0 Å². The van der Waals surface area contributed by atoms with Crippen molar-refractivity contribution in [1.82, 2.24) is 4.90 Å². The summed E-state index contributed by atoms with van der Waals surface area (Å²) in [5, 5.41) is 9.03. The molecular weight excluding hydrogens is 230 g/mol. The summed E-state index contributed by atoms with van der Waals surface area (Å²) in [4.78, 5) is 21.8. The first-order chi connectivity index (χ1) is 8.45. The lowest BCUT2D eigenvalue weighted by Gasteiger charge is -2.28. The Labute approximate surface area is 108 Å². The average Bonchev–Trinajstić information content (AvgIpc) is 2.37. The smallest absolute Gasteiger partial charge is 0.336 e. The zero-order chi connectivity index (χ0) is 13.7. The van der Waals surface area contributed by atoms with E-state index in [9.17, 15) is 4.79 Å². The Morgan fingerprint density at radius 2 is 2.33 bits per heavy atom. The summed E-state index contributed by atoms with van der Waals surface area (Å²) in [6.07, 6.45) is 4.04. The van der Waals surface area contributed by atoms with Crippen molar-refractivity contribution in [2.24, 2.45) is 9.98 Å². The summed E-state index contributed by atoms with van der Waals surface area (Å²) in [5.74, 6) is -0.0627. The van der Waals surface area contributed by atoms with Crippen molar-refractivity contribution in [3.8, 4) is 0 Å². The number of aliphatic carboxylic acids is 1. The third-order valence-electron chi connectivity index (χ3n) is 3.06. The number of amidine groups is 1. The van der Waals surface area contributed by atoms with Crippen LogP contribution in [-0.4, -0.2) is 46.8 Å². The van der Waals surface area contributed by atoms with Gasteiger partial charge in [-0.05, 0) is 33.3 Å². The van der Waals surface area contributed by atoms with Crippen LogP contribution in [0.25, 0.3) is 0 Å². The van der Waals surface area contributed by atoms with Crippen LogP contribution in [0.2, 0.25) is 0 Å². The van der Waals surface area contributed by atoms with E-state index in [1.165, 1.54) is 6.21 Å². The Morgan fingerprint density at radius 1 is 1.67 bits per heavy atom. The highest BCUT2D eigenvalue weighted by molar-refractivity contribution is 6.08. The molecule has 0 aliphatic carbocycles. The summed E-state index contributed by atoms with van der Waals surface area (Å²) in [6, 6.07) is 0.177. The standard InChI is InChI=1S/C13H21N3O2/c1-5-10(3)16-8-14-7-12(13(17)18)6-9(2)15-11(16)4/h6-7,9-10H,5,8H2,1-4H3,(H,17,18)/b12-6+,14-7-,15-11?. The molecule has 100 valence electrons. The number of nitrogens with zero attached hydrogens (tertiary/aromatic N) is 3. The predicted octanol–water partition coefficient (Wildman–Crippen LogP) is 1.95. The molecular formula is C13H21N3O2. The number of hydrogen-bond acceptors (Lipinski definition) is 4. The average molecular weight is 251 g/mol. The first-order valence-corrected chi connectivity index (χ1v) is 6.21. The number of carboxylic acids is 1. The normalized spacial score (nSPS) is 27.1. The van der Waals surface area contributed by atoms with E-state index in [-0.39, 0.29) is 11.6 Å². The highest BCUT2D eigenvalue weighted by atomic mass is 16.4. The fraction of sp³-hybridized carbons (Fsp3) is 0.615. The van der Waals surface area contributed by atoms with Crippen molar-refractivity contribution in [3.63, 3.8) is 0 Å². The van der Waals surface area contributed by atoms with Crippen molar-refractivity contribution in [2.75, 3.05) is 6.67 Å². The minimum atomic E-state index is -0.963. The maximum atomic E-state index is 11.0.